The molecular weight excluding hydrogens is 358 g/mol. The fourth-order valence-electron chi connectivity index (χ4n) is 3.80. The van der Waals surface area contributed by atoms with E-state index in [9.17, 15) is 14.7 Å². The fraction of sp³-hybridized carbons (Fsp3) is 0.300. The van der Waals surface area contributed by atoms with Crippen LogP contribution in [0, 0.1) is 13.8 Å². The third-order valence-electron chi connectivity index (χ3n) is 5.25. The smallest absolute Gasteiger partial charge is 0.332 e. The number of aromatic amines is 1. The highest BCUT2D eigenvalue weighted by Gasteiger charge is 2.38. The summed E-state index contributed by atoms with van der Waals surface area (Å²) in [4.78, 5) is 33.4. The molecule has 1 aromatic carbocycles. The third-order valence-corrected chi connectivity index (χ3v) is 5.25. The van der Waals surface area contributed by atoms with Crippen LogP contribution in [0.1, 0.15) is 34.4 Å². The van der Waals surface area contributed by atoms with Gasteiger partial charge in [0.1, 0.15) is 0 Å². The SMILES string of the molecule is Cc1nn(-c2ccccc2)c(C)c1CC(=O)N1CCc2[nH]cnc2[C@H]1C(=O)O. The van der Waals surface area contributed by atoms with E-state index in [0.29, 0.717) is 18.7 Å². The molecule has 144 valence electrons. The average Bonchev–Trinajstić information content (AvgIpc) is 3.27. The van der Waals surface area contributed by atoms with Crippen molar-refractivity contribution in [1.82, 2.24) is 24.6 Å². The predicted octanol–water partition coefficient (Wildman–Crippen LogP) is 1.97. The first-order chi connectivity index (χ1) is 13.5. The minimum Gasteiger partial charge on any atom is -0.479 e. The van der Waals surface area contributed by atoms with Gasteiger partial charge in [-0.1, -0.05) is 18.2 Å². The number of carboxylic acids is 1. The number of amides is 1. The number of benzene rings is 1. The Balaban J connectivity index is 1.62. The largest absolute Gasteiger partial charge is 0.479 e. The summed E-state index contributed by atoms with van der Waals surface area (Å²) in [6.07, 6.45) is 2.15. The van der Waals surface area contributed by atoms with E-state index in [1.807, 2.05) is 48.9 Å². The van der Waals surface area contributed by atoms with Crippen LogP contribution < -0.4 is 0 Å². The summed E-state index contributed by atoms with van der Waals surface area (Å²) in [6, 6.07) is 8.65. The van der Waals surface area contributed by atoms with Gasteiger partial charge in [0, 0.05) is 29.9 Å². The molecule has 2 aromatic heterocycles. The first-order valence-corrected chi connectivity index (χ1v) is 9.12. The lowest BCUT2D eigenvalue weighted by atomic mass is 10.0. The number of hydrogen-bond donors (Lipinski definition) is 2. The molecule has 0 bridgehead atoms. The number of aromatic nitrogens is 4. The van der Waals surface area contributed by atoms with Crippen molar-refractivity contribution in [2.24, 2.45) is 0 Å². The normalized spacial score (nSPS) is 16.1. The summed E-state index contributed by atoms with van der Waals surface area (Å²) < 4.78 is 1.81. The van der Waals surface area contributed by atoms with Gasteiger partial charge in [-0.25, -0.2) is 14.5 Å². The maximum Gasteiger partial charge on any atom is 0.332 e. The first-order valence-electron chi connectivity index (χ1n) is 9.12. The number of para-hydroxylation sites is 1. The molecule has 3 heterocycles. The van der Waals surface area contributed by atoms with Gasteiger partial charge in [-0.05, 0) is 26.0 Å². The topological polar surface area (TPSA) is 104 Å². The Morgan fingerprint density at radius 1 is 1.25 bits per heavy atom. The van der Waals surface area contributed by atoms with Gasteiger partial charge in [0.05, 0.1) is 29.8 Å². The number of nitrogens with one attached hydrogen (secondary N) is 1. The Labute approximate surface area is 161 Å². The monoisotopic (exact) mass is 379 g/mol. The molecule has 0 aliphatic carbocycles. The van der Waals surface area contributed by atoms with Crippen molar-refractivity contribution < 1.29 is 14.7 Å². The minimum absolute atomic E-state index is 0.105. The van der Waals surface area contributed by atoms with Gasteiger partial charge in [0.25, 0.3) is 0 Å². The molecule has 0 spiro atoms. The van der Waals surface area contributed by atoms with Crippen LogP contribution in [0.3, 0.4) is 0 Å². The number of fused-ring (bicyclic) bond motifs is 1. The summed E-state index contributed by atoms with van der Waals surface area (Å²) in [5, 5.41) is 14.3. The molecule has 1 aliphatic heterocycles. The quantitative estimate of drug-likeness (QED) is 0.721. The van der Waals surface area contributed by atoms with Crippen molar-refractivity contribution >= 4 is 11.9 Å². The number of carbonyl (C=O) groups excluding carboxylic acids is 1. The average molecular weight is 379 g/mol. The number of carbonyl (C=O) groups is 2. The number of nitrogens with zero attached hydrogens (tertiary/aromatic N) is 4. The van der Waals surface area contributed by atoms with E-state index in [-0.39, 0.29) is 12.3 Å². The van der Waals surface area contributed by atoms with E-state index in [0.717, 1.165) is 28.3 Å². The number of hydrogen-bond acceptors (Lipinski definition) is 4. The summed E-state index contributed by atoms with van der Waals surface area (Å²) in [5.74, 6) is -1.31. The van der Waals surface area contributed by atoms with Crippen molar-refractivity contribution in [3.05, 3.63) is 65.0 Å². The number of rotatable bonds is 4. The summed E-state index contributed by atoms with van der Waals surface area (Å²) in [6.45, 7) is 4.13. The van der Waals surface area contributed by atoms with Crippen molar-refractivity contribution in [2.75, 3.05) is 6.54 Å². The van der Waals surface area contributed by atoms with Crippen molar-refractivity contribution in [3.63, 3.8) is 0 Å². The van der Waals surface area contributed by atoms with Crippen molar-refractivity contribution in [2.45, 2.75) is 32.7 Å². The number of aryl methyl sites for hydroxylation is 1. The molecule has 28 heavy (non-hydrogen) atoms. The van der Waals surface area contributed by atoms with Crippen LogP contribution in [0.2, 0.25) is 0 Å². The maximum atomic E-state index is 13.1. The second-order valence-electron chi connectivity index (χ2n) is 6.92. The highest BCUT2D eigenvalue weighted by atomic mass is 16.4. The van der Waals surface area contributed by atoms with Crippen LogP contribution in [0.25, 0.3) is 5.69 Å². The second-order valence-corrected chi connectivity index (χ2v) is 6.92. The van der Waals surface area contributed by atoms with E-state index in [1.54, 1.807) is 0 Å². The lowest BCUT2D eigenvalue weighted by Crippen LogP contribution is -2.44. The van der Waals surface area contributed by atoms with E-state index >= 15 is 0 Å². The van der Waals surface area contributed by atoms with Crippen LogP contribution in [-0.4, -0.2) is 48.2 Å². The van der Waals surface area contributed by atoms with Crippen molar-refractivity contribution in [1.29, 1.82) is 0 Å². The Morgan fingerprint density at radius 3 is 2.71 bits per heavy atom. The molecule has 4 rings (SSSR count). The van der Waals surface area contributed by atoms with Crippen LogP contribution >= 0.6 is 0 Å². The number of imidazole rings is 1. The van der Waals surface area contributed by atoms with Gasteiger partial charge in [-0.15, -0.1) is 0 Å². The summed E-state index contributed by atoms with van der Waals surface area (Å²) in [5.41, 5.74) is 4.58. The van der Waals surface area contributed by atoms with E-state index in [4.69, 9.17) is 0 Å². The molecule has 3 aromatic rings. The Bertz CT molecular complexity index is 1040. The summed E-state index contributed by atoms with van der Waals surface area (Å²) >= 11 is 0. The molecule has 8 nitrogen and oxygen atoms in total. The van der Waals surface area contributed by atoms with Crippen molar-refractivity contribution in [3.8, 4) is 5.69 Å². The zero-order valence-electron chi connectivity index (χ0n) is 15.7. The van der Waals surface area contributed by atoms with Gasteiger partial charge in [-0.2, -0.15) is 5.10 Å². The number of aliphatic carboxylic acids is 1. The number of H-pyrrole nitrogens is 1. The fourth-order valence-corrected chi connectivity index (χ4v) is 3.80. The second kappa shape index (κ2) is 6.95. The molecule has 1 amide bonds. The lowest BCUT2D eigenvalue weighted by molar-refractivity contribution is -0.151. The third kappa shape index (κ3) is 2.96. The zero-order chi connectivity index (χ0) is 19.8. The molecule has 0 radical (unpaired) electrons. The van der Waals surface area contributed by atoms with Crippen LogP contribution in [0.4, 0.5) is 0 Å². The van der Waals surface area contributed by atoms with Gasteiger partial charge >= 0.3 is 5.97 Å². The number of carboxylic acid groups (broad SMARTS) is 1. The molecule has 0 saturated heterocycles. The first kappa shape index (κ1) is 18.0. The van der Waals surface area contributed by atoms with Gasteiger partial charge in [0.15, 0.2) is 6.04 Å². The lowest BCUT2D eigenvalue weighted by Gasteiger charge is -2.32. The zero-order valence-corrected chi connectivity index (χ0v) is 15.7. The maximum absolute atomic E-state index is 13.1. The Morgan fingerprint density at radius 2 is 2.00 bits per heavy atom. The van der Waals surface area contributed by atoms with E-state index in [1.165, 1.54) is 11.2 Å². The van der Waals surface area contributed by atoms with Gasteiger partial charge in [-0.3, -0.25) is 4.79 Å². The Hall–Kier alpha value is -3.42. The molecule has 1 atom stereocenters. The Kier molecular flexibility index (Phi) is 4.46. The van der Waals surface area contributed by atoms with Gasteiger partial charge in [0.2, 0.25) is 5.91 Å². The highest BCUT2D eigenvalue weighted by Crippen LogP contribution is 2.29. The molecular formula is C20H21N5O3. The highest BCUT2D eigenvalue weighted by molar-refractivity contribution is 5.86. The standard InChI is InChI=1S/C20H21N5O3/c1-12-15(13(2)25(23-12)14-6-4-3-5-7-14)10-17(26)24-9-8-16-18(22-11-21-16)19(24)20(27)28/h3-7,11,19H,8-10H2,1-2H3,(H,21,22)(H,27,28)/t19-/m0/s1. The molecule has 0 fully saturated rings. The summed E-state index contributed by atoms with van der Waals surface area (Å²) in [7, 11) is 0. The minimum atomic E-state index is -1.07. The van der Waals surface area contributed by atoms with Crippen LogP contribution in [0.5, 0.6) is 0 Å². The molecule has 0 unspecified atom stereocenters. The predicted molar refractivity (Wildman–Crippen MR) is 101 cm³/mol. The van der Waals surface area contributed by atoms with Gasteiger partial charge < -0.3 is 15.0 Å². The van der Waals surface area contributed by atoms with E-state index in [2.05, 4.69) is 15.1 Å². The molecule has 0 saturated carbocycles. The van der Waals surface area contributed by atoms with Crippen LogP contribution in [0.15, 0.2) is 36.7 Å². The van der Waals surface area contributed by atoms with E-state index < -0.39 is 12.0 Å². The molecule has 1 aliphatic rings. The van der Waals surface area contributed by atoms with Crippen LogP contribution in [-0.2, 0) is 22.4 Å². The molecule has 8 heteroatoms. The molecule has 2 N–H and O–H groups in total.